The van der Waals surface area contributed by atoms with Gasteiger partial charge in [0.2, 0.25) is 5.91 Å². The molecule has 10 heteroatoms. The SMILES string of the molecule is C[C@@H](O)[C@H]1C(=O)N2C(C(=O)O)=C(c3cn4cnc(C(=O)CN)c4s3)C[C@H]12. The molecule has 0 aromatic carbocycles. The van der Waals surface area contributed by atoms with Crippen LogP contribution < -0.4 is 5.73 Å². The first-order chi connectivity index (χ1) is 12.3. The summed E-state index contributed by atoms with van der Waals surface area (Å²) in [5.41, 5.74) is 6.12. The summed E-state index contributed by atoms with van der Waals surface area (Å²) in [4.78, 5) is 42.5. The fraction of sp³-hybridized carbons (Fsp3) is 0.375. The third-order valence-corrected chi connectivity index (χ3v) is 6.06. The number of Topliss-reactive ketones (excluding diaryl/α,β-unsaturated/α-hetero) is 1. The van der Waals surface area contributed by atoms with Gasteiger partial charge in [-0.1, -0.05) is 0 Å². The average Bonchev–Trinajstić information content (AvgIpc) is 3.23. The molecular formula is C16H16N4O5S. The van der Waals surface area contributed by atoms with Gasteiger partial charge >= 0.3 is 5.97 Å². The zero-order chi connectivity index (χ0) is 18.7. The van der Waals surface area contributed by atoms with Gasteiger partial charge in [-0.2, -0.15) is 0 Å². The Morgan fingerprint density at radius 3 is 2.85 bits per heavy atom. The number of thiazole rings is 1. The minimum atomic E-state index is -1.19. The monoisotopic (exact) mass is 376 g/mol. The second-order valence-electron chi connectivity index (χ2n) is 6.41. The number of hydrogen-bond donors (Lipinski definition) is 3. The number of rotatable bonds is 5. The van der Waals surface area contributed by atoms with Crippen LogP contribution in [-0.2, 0) is 9.59 Å². The number of aromatic nitrogens is 2. The normalized spacial score (nSPS) is 23.3. The van der Waals surface area contributed by atoms with Crippen LogP contribution in [0.1, 0.15) is 28.7 Å². The third kappa shape index (κ3) is 2.16. The zero-order valence-electron chi connectivity index (χ0n) is 13.7. The van der Waals surface area contributed by atoms with Crippen molar-refractivity contribution < 1.29 is 24.6 Å². The quantitative estimate of drug-likeness (QED) is 0.491. The van der Waals surface area contributed by atoms with Gasteiger partial charge in [-0.25, -0.2) is 9.78 Å². The van der Waals surface area contributed by atoms with E-state index >= 15 is 0 Å². The number of hydrogen-bond acceptors (Lipinski definition) is 7. The fourth-order valence-electron chi connectivity index (χ4n) is 3.72. The minimum absolute atomic E-state index is 0.0546. The maximum Gasteiger partial charge on any atom is 0.352 e. The van der Waals surface area contributed by atoms with E-state index in [-0.39, 0.29) is 35.7 Å². The highest BCUT2D eigenvalue weighted by molar-refractivity contribution is 7.18. The molecule has 4 heterocycles. The summed E-state index contributed by atoms with van der Waals surface area (Å²) in [6.45, 7) is 1.37. The largest absolute Gasteiger partial charge is 0.477 e. The number of nitrogens with zero attached hydrogens (tertiary/aromatic N) is 3. The van der Waals surface area contributed by atoms with Crippen molar-refractivity contribution in [1.82, 2.24) is 14.3 Å². The van der Waals surface area contributed by atoms with Crippen LogP contribution in [0, 0.1) is 5.92 Å². The fourth-order valence-corrected chi connectivity index (χ4v) is 4.86. The Balaban J connectivity index is 1.79. The molecule has 26 heavy (non-hydrogen) atoms. The molecule has 2 aromatic heterocycles. The molecule has 0 bridgehead atoms. The van der Waals surface area contributed by atoms with E-state index in [0.717, 1.165) is 0 Å². The molecule has 0 radical (unpaired) electrons. The number of aliphatic hydroxyl groups is 1. The molecule has 0 unspecified atom stereocenters. The molecule has 2 aromatic rings. The summed E-state index contributed by atoms with van der Waals surface area (Å²) in [6, 6.07) is -0.353. The molecule has 1 fully saturated rings. The van der Waals surface area contributed by atoms with Gasteiger partial charge < -0.3 is 20.8 Å². The van der Waals surface area contributed by atoms with E-state index in [4.69, 9.17) is 5.73 Å². The van der Waals surface area contributed by atoms with Crippen LogP contribution >= 0.6 is 11.3 Å². The summed E-state index contributed by atoms with van der Waals surface area (Å²) in [6.07, 6.45) is 2.69. The van der Waals surface area contributed by atoms with Crippen molar-refractivity contribution in [1.29, 1.82) is 0 Å². The predicted molar refractivity (Wildman–Crippen MR) is 91.4 cm³/mol. The minimum Gasteiger partial charge on any atom is -0.477 e. The predicted octanol–water partition coefficient (Wildman–Crippen LogP) is -0.0556. The summed E-state index contributed by atoms with van der Waals surface area (Å²) in [5.74, 6) is -2.45. The molecule has 9 nitrogen and oxygen atoms in total. The number of nitrogens with two attached hydrogens (primary N) is 1. The number of ketones is 1. The third-order valence-electron chi connectivity index (χ3n) is 4.89. The van der Waals surface area contributed by atoms with E-state index in [1.807, 2.05) is 0 Å². The van der Waals surface area contributed by atoms with Crippen LogP contribution in [0.3, 0.4) is 0 Å². The lowest BCUT2D eigenvalue weighted by Crippen LogP contribution is -2.61. The number of carbonyl (C=O) groups is 3. The highest BCUT2D eigenvalue weighted by Gasteiger charge is 2.57. The molecule has 1 saturated heterocycles. The number of carboxylic acids is 1. The lowest BCUT2D eigenvalue weighted by Gasteiger charge is -2.44. The van der Waals surface area contributed by atoms with Crippen LogP contribution in [0.2, 0.25) is 0 Å². The Kier molecular flexibility index (Phi) is 3.72. The number of aliphatic carboxylic acids is 1. The Morgan fingerprint density at radius 1 is 1.50 bits per heavy atom. The van der Waals surface area contributed by atoms with E-state index in [2.05, 4.69) is 4.98 Å². The van der Waals surface area contributed by atoms with Gasteiger partial charge in [-0.3, -0.25) is 14.0 Å². The van der Waals surface area contributed by atoms with Crippen molar-refractivity contribution in [3.8, 4) is 0 Å². The zero-order valence-corrected chi connectivity index (χ0v) is 14.6. The highest BCUT2D eigenvalue weighted by atomic mass is 32.1. The Bertz CT molecular complexity index is 988. The van der Waals surface area contributed by atoms with Gasteiger partial charge in [0.15, 0.2) is 5.78 Å². The molecule has 2 aliphatic heterocycles. The summed E-state index contributed by atoms with van der Waals surface area (Å²) in [5, 5.41) is 19.4. The number of carbonyl (C=O) groups excluding carboxylic acids is 2. The number of aliphatic hydroxyl groups excluding tert-OH is 1. The van der Waals surface area contributed by atoms with Gasteiger partial charge in [0.25, 0.3) is 0 Å². The van der Waals surface area contributed by atoms with Crippen molar-refractivity contribution in [2.45, 2.75) is 25.5 Å². The summed E-state index contributed by atoms with van der Waals surface area (Å²) < 4.78 is 1.65. The number of β-lactam (4-membered cyclic amide) rings is 1. The van der Waals surface area contributed by atoms with Crippen LogP contribution in [-0.4, -0.2) is 60.8 Å². The van der Waals surface area contributed by atoms with Crippen molar-refractivity contribution in [2.24, 2.45) is 11.7 Å². The molecule has 0 saturated carbocycles. The molecule has 136 valence electrons. The van der Waals surface area contributed by atoms with E-state index in [9.17, 15) is 24.6 Å². The first-order valence-corrected chi connectivity index (χ1v) is 8.84. The van der Waals surface area contributed by atoms with Crippen molar-refractivity contribution >= 4 is 39.4 Å². The maximum atomic E-state index is 12.3. The first kappa shape index (κ1) is 16.9. The number of carboxylic acid groups (broad SMARTS) is 1. The van der Waals surface area contributed by atoms with Crippen molar-refractivity contribution in [3.05, 3.63) is 28.8 Å². The Morgan fingerprint density at radius 2 is 2.23 bits per heavy atom. The summed E-state index contributed by atoms with van der Waals surface area (Å²) in [7, 11) is 0. The van der Waals surface area contributed by atoms with E-state index in [1.165, 1.54) is 29.5 Å². The first-order valence-electron chi connectivity index (χ1n) is 8.02. The molecule has 1 amide bonds. The number of amides is 1. The standard InChI is InChI=1S/C16H16N4O5S/c1-6(21)11-8-2-7(13(16(24)25)20(8)14(11)23)10-4-19-5-18-12(9(22)3-17)15(19)26-10/h4-6,8,11,21H,2-3,17H2,1H3,(H,24,25)/t6-,8-,11-/m1/s1. The molecule has 4 N–H and O–H groups in total. The van der Waals surface area contributed by atoms with Crippen molar-refractivity contribution in [3.63, 3.8) is 0 Å². The smallest absolute Gasteiger partial charge is 0.352 e. The maximum absolute atomic E-state index is 12.3. The topological polar surface area (TPSA) is 138 Å². The van der Waals surface area contributed by atoms with Crippen LogP contribution in [0.4, 0.5) is 0 Å². The second kappa shape index (κ2) is 5.73. The molecule has 3 atom stereocenters. The van der Waals surface area contributed by atoms with Crippen LogP contribution in [0.15, 0.2) is 18.2 Å². The molecule has 0 spiro atoms. The van der Waals surface area contributed by atoms with Gasteiger partial charge in [0.05, 0.1) is 29.5 Å². The highest BCUT2D eigenvalue weighted by Crippen LogP contribution is 2.48. The van der Waals surface area contributed by atoms with Gasteiger partial charge in [-0.15, -0.1) is 11.3 Å². The number of imidazole rings is 1. The van der Waals surface area contributed by atoms with E-state index in [0.29, 0.717) is 21.7 Å². The van der Waals surface area contributed by atoms with E-state index < -0.39 is 18.0 Å². The van der Waals surface area contributed by atoms with Gasteiger partial charge in [0, 0.05) is 11.8 Å². The van der Waals surface area contributed by atoms with Crippen molar-refractivity contribution in [2.75, 3.05) is 6.54 Å². The second-order valence-corrected chi connectivity index (χ2v) is 7.44. The van der Waals surface area contributed by atoms with Gasteiger partial charge in [0.1, 0.15) is 22.5 Å². The lowest BCUT2D eigenvalue weighted by atomic mass is 9.83. The van der Waals surface area contributed by atoms with Crippen LogP contribution in [0.5, 0.6) is 0 Å². The molecular weight excluding hydrogens is 360 g/mol. The Hall–Kier alpha value is -2.56. The molecule has 0 aliphatic carbocycles. The molecule has 4 rings (SSSR count). The summed E-state index contributed by atoms with van der Waals surface area (Å²) >= 11 is 1.24. The Labute approximate surface area is 151 Å². The lowest BCUT2D eigenvalue weighted by molar-refractivity contribution is -0.161. The number of fused-ring (bicyclic) bond motifs is 2. The van der Waals surface area contributed by atoms with E-state index in [1.54, 1.807) is 10.6 Å². The molecule has 2 aliphatic rings. The average molecular weight is 376 g/mol. The van der Waals surface area contributed by atoms with Crippen LogP contribution in [0.25, 0.3) is 10.4 Å². The van der Waals surface area contributed by atoms with Gasteiger partial charge in [-0.05, 0) is 13.3 Å².